The molecule has 0 amide bonds. The topological polar surface area (TPSA) is 78.9 Å². The molecule has 1 aromatic heterocycles. The van der Waals surface area contributed by atoms with Gasteiger partial charge in [-0.1, -0.05) is 6.92 Å². The van der Waals surface area contributed by atoms with Crippen molar-refractivity contribution in [1.29, 1.82) is 5.26 Å². The number of nitrogens with zero attached hydrogens (tertiary/aromatic N) is 3. The summed E-state index contributed by atoms with van der Waals surface area (Å²) in [6.45, 7) is 4.72. The minimum absolute atomic E-state index is 0.121. The third-order valence-electron chi connectivity index (χ3n) is 9.71. The SMILES string of the molecule is CC12CC[C@@H]3C4CC[C@@](C)(O)CC4CCC3[C@@H]1CCC2C(=O)Cn1cc(C#N)cn1. The lowest BCUT2D eigenvalue weighted by Gasteiger charge is -2.56. The van der Waals surface area contributed by atoms with E-state index in [2.05, 4.69) is 18.1 Å². The zero-order valence-electron chi connectivity index (χ0n) is 18.4. The Kier molecular flexibility index (Phi) is 4.85. The molecule has 0 spiro atoms. The highest BCUT2D eigenvalue weighted by Gasteiger charge is 2.58. The van der Waals surface area contributed by atoms with E-state index in [-0.39, 0.29) is 11.3 Å². The first-order chi connectivity index (χ1) is 14.3. The molecule has 4 aliphatic rings. The number of hydrogen-bond acceptors (Lipinski definition) is 4. The average molecular weight is 410 g/mol. The lowest BCUT2D eigenvalue weighted by Crippen LogP contribution is -2.51. The Morgan fingerprint density at radius 2 is 1.97 bits per heavy atom. The Morgan fingerprint density at radius 1 is 1.17 bits per heavy atom. The summed E-state index contributed by atoms with van der Waals surface area (Å²) in [4.78, 5) is 13.3. The van der Waals surface area contributed by atoms with Crippen LogP contribution in [0.5, 0.6) is 0 Å². The summed E-state index contributed by atoms with van der Waals surface area (Å²) in [5.74, 6) is 4.15. The molecular weight excluding hydrogens is 374 g/mol. The monoisotopic (exact) mass is 409 g/mol. The van der Waals surface area contributed by atoms with Gasteiger partial charge in [0.1, 0.15) is 6.07 Å². The molecule has 1 aromatic rings. The highest BCUT2D eigenvalue weighted by Crippen LogP contribution is 2.64. The van der Waals surface area contributed by atoms with E-state index in [9.17, 15) is 9.90 Å². The zero-order chi connectivity index (χ0) is 21.1. The maximum Gasteiger partial charge on any atom is 0.157 e. The van der Waals surface area contributed by atoms with Crippen LogP contribution in [0.3, 0.4) is 0 Å². The number of hydrogen-bond donors (Lipinski definition) is 1. The number of fused-ring (bicyclic) bond motifs is 5. The Hall–Kier alpha value is -1.67. The Balaban J connectivity index is 1.30. The number of nitriles is 1. The molecule has 30 heavy (non-hydrogen) atoms. The third kappa shape index (κ3) is 3.23. The van der Waals surface area contributed by atoms with Crippen LogP contribution in [0, 0.1) is 52.3 Å². The third-order valence-corrected chi connectivity index (χ3v) is 9.71. The zero-order valence-corrected chi connectivity index (χ0v) is 18.4. The van der Waals surface area contributed by atoms with E-state index in [0.717, 1.165) is 43.4 Å². The first-order valence-corrected chi connectivity index (χ1v) is 12.0. The summed E-state index contributed by atoms with van der Waals surface area (Å²) >= 11 is 0. The Bertz CT molecular complexity index is 868. The maximum atomic E-state index is 13.3. The molecule has 0 saturated heterocycles. The van der Waals surface area contributed by atoms with E-state index in [1.165, 1.54) is 38.3 Å². The van der Waals surface area contributed by atoms with Crippen molar-refractivity contribution >= 4 is 5.78 Å². The molecule has 8 atom stereocenters. The number of ketones is 1. The van der Waals surface area contributed by atoms with Crippen molar-refractivity contribution in [3.63, 3.8) is 0 Å². The summed E-state index contributed by atoms with van der Waals surface area (Å²) in [7, 11) is 0. The van der Waals surface area contributed by atoms with Crippen LogP contribution in [-0.4, -0.2) is 26.3 Å². The van der Waals surface area contributed by atoms with Crippen molar-refractivity contribution < 1.29 is 9.90 Å². The molecule has 4 fully saturated rings. The van der Waals surface area contributed by atoms with Crippen LogP contribution in [0.25, 0.3) is 0 Å². The molecule has 0 bridgehead atoms. The van der Waals surface area contributed by atoms with Crippen LogP contribution >= 0.6 is 0 Å². The Labute approximate surface area is 179 Å². The maximum absolute atomic E-state index is 13.3. The standard InChI is InChI=1S/C25H35N3O2/c1-24(30)9-7-18-17(11-24)3-4-20-19(18)8-10-25(2)21(20)5-6-22(25)23(29)15-28-14-16(12-26)13-27-28/h13-14,17-22,30H,3-11,15H2,1-2H3/t17?,18?,19-,20?,21+,22?,24-,25?/m1/s1. The molecule has 1 heterocycles. The van der Waals surface area contributed by atoms with Gasteiger partial charge in [-0.3, -0.25) is 9.48 Å². The molecule has 162 valence electrons. The van der Waals surface area contributed by atoms with Gasteiger partial charge in [-0.05, 0) is 99.7 Å². The van der Waals surface area contributed by atoms with Gasteiger partial charge in [0.15, 0.2) is 5.78 Å². The smallest absolute Gasteiger partial charge is 0.157 e. The number of aliphatic hydroxyl groups is 1. The minimum Gasteiger partial charge on any atom is -0.390 e. The molecule has 5 heteroatoms. The highest BCUT2D eigenvalue weighted by atomic mass is 16.3. The van der Waals surface area contributed by atoms with Crippen molar-refractivity contribution in [3.05, 3.63) is 18.0 Å². The van der Waals surface area contributed by atoms with E-state index in [1.807, 2.05) is 6.92 Å². The molecule has 4 aliphatic carbocycles. The fraction of sp³-hybridized carbons (Fsp3) is 0.800. The molecule has 5 unspecified atom stereocenters. The molecule has 5 rings (SSSR count). The van der Waals surface area contributed by atoms with E-state index in [4.69, 9.17) is 5.26 Å². The molecule has 4 saturated carbocycles. The van der Waals surface area contributed by atoms with E-state index in [1.54, 1.807) is 10.9 Å². The molecule has 0 aliphatic heterocycles. The predicted molar refractivity (Wildman–Crippen MR) is 113 cm³/mol. The second kappa shape index (κ2) is 7.19. The minimum atomic E-state index is -0.458. The second-order valence-corrected chi connectivity index (χ2v) is 11.4. The fourth-order valence-electron chi connectivity index (χ4n) is 8.39. The molecule has 5 nitrogen and oxygen atoms in total. The van der Waals surface area contributed by atoms with Crippen molar-refractivity contribution in [2.75, 3.05) is 0 Å². The van der Waals surface area contributed by atoms with Gasteiger partial charge in [0.05, 0.1) is 23.9 Å². The van der Waals surface area contributed by atoms with Gasteiger partial charge in [0.25, 0.3) is 0 Å². The van der Waals surface area contributed by atoms with Gasteiger partial charge in [-0.15, -0.1) is 0 Å². The van der Waals surface area contributed by atoms with Gasteiger partial charge in [0.2, 0.25) is 0 Å². The lowest BCUT2D eigenvalue weighted by molar-refractivity contribution is -0.133. The van der Waals surface area contributed by atoms with Crippen molar-refractivity contribution in [1.82, 2.24) is 9.78 Å². The summed E-state index contributed by atoms with van der Waals surface area (Å²) < 4.78 is 1.64. The van der Waals surface area contributed by atoms with Crippen LogP contribution < -0.4 is 0 Å². The van der Waals surface area contributed by atoms with Gasteiger partial charge in [-0.2, -0.15) is 10.4 Å². The highest BCUT2D eigenvalue weighted by molar-refractivity contribution is 5.82. The number of carbonyl (C=O) groups is 1. The molecule has 0 radical (unpaired) electrons. The molecule has 0 aromatic carbocycles. The van der Waals surface area contributed by atoms with Crippen LogP contribution in [0.15, 0.2) is 12.4 Å². The summed E-state index contributed by atoms with van der Waals surface area (Å²) in [6, 6.07) is 2.09. The van der Waals surface area contributed by atoms with E-state index >= 15 is 0 Å². The van der Waals surface area contributed by atoms with E-state index < -0.39 is 5.60 Å². The summed E-state index contributed by atoms with van der Waals surface area (Å²) in [5, 5.41) is 23.8. The summed E-state index contributed by atoms with van der Waals surface area (Å²) in [6.07, 6.45) is 13.5. The summed E-state index contributed by atoms with van der Waals surface area (Å²) in [5.41, 5.74) is 0.179. The number of Topliss-reactive ketones (excluding diaryl/α,β-unsaturated/α-hetero) is 1. The van der Waals surface area contributed by atoms with Gasteiger partial charge in [-0.25, -0.2) is 0 Å². The second-order valence-electron chi connectivity index (χ2n) is 11.4. The van der Waals surface area contributed by atoms with Crippen molar-refractivity contribution in [2.45, 2.75) is 83.8 Å². The molecular formula is C25H35N3O2. The van der Waals surface area contributed by atoms with Crippen LogP contribution in [0.2, 0.25) is 0 Å². The van der Waals surface area contributed by atoms with Crippen LogP contribution in [-0.2, 0) is 11.3 Å². The normalized spacial score (nSPS) is 45.1. The largest absolute Gasteiger partial charge is 0.390 e. The van der Waals surface area contributed by atoms with Crippen LogP contribution in [0.1, 0.15) is 77.2 Å². The van der Waals surface area contributed by atoms with E-state index in [0.29, 0.717) is 29.7 Å². The molecule has 1 N–H and O–H groups in total. The van der Waals surface area contributed by atoms with Crippen molar-refractivity contribution in [2.24, 2.45) is 40.9 Å². The van der Waals surface area contributed by atoms with Gasteiger partial charge < -0.3 is 5.11 Å². The number of aromatic nitrogens is 2. The average Bonchev–Trinajstić information content (AvgIpc) is 3.30. The van der Waals surface area contributed by atoms with Gasteiger partial charge >= 0.3 is 0 Å². The Morgan fingerprint density at radius 3 is 2.73 bits per heavy atom. The number of carbonyl (C=O) groups excluding carboxylic acids is 1. The van der Waals surface area contributed by atoms with Gasteiger partial charge in [0, 0.05) is 12.1 Å². The van der Waals surface area contributed by atoms with Crippen LogP contribution in [0.4, 0.5) is 0 Å². The predicted octanol–water partition coefficient (Wildman–Crippen LogP) is 4.34. The first-order valence-electron chi connectivity index (χ1n) is 12.0. The fourth-order valence-corrected chi connectivity index (χ4v) is 8.39. The first kappa shape index (κ1) is 20.2. The quantitative estimate of drug-likeness (QED) is 0.805. The van der Waals surface area contributed by atoms with Crippen molar-refractivity contribution in [3.8, 4) is 6.07 Å². The lowest BCUT2D eigenvalue weighted by atomic mass is 9.49. The number of rotatable bonds is 3.